The molecule has 49 heteroatoms. The van der Waals surface area contributed by atoms with Gasteiger partial charge in [-0.05, 0) is 20.8 Å². The summed E-state index contributed by atoms with van der Waals surface area (Å²) in [6, 6.07) is -5.82. The molecule has 9 saturated heterocycles. The van der Waals surface area contributed by atoms with Crippen molar-refractivity contribution in [2.24, 2.45) is 0 Å². The van der Waals surface area contributed by atoms with Crippen LogP contribution in [-0.2, 0) is 99.7 Å². The third-order valence-corrected chi connectivity index (χ3v) is 20.8. The van der Waals surface area contributed by atoms with E-state index in [1.807, 2.05) is 0 Å². The number of rotatable bonds is 28. The molecule has 0 aromatic heterocycles. The number of carboxylic acid groups (broad SMARTS) is 1. The van der Waals surface area contributed by atoms with Crippen molar-refractivity contribution in [2.45, 2.75) is 330 Å². The van der Waals surface area contributed by atoms with E-state index in [0.717, 1.165) is 20.8 Å². The van der Waals surface area contributed by atoms with Gasteiger partial charge in [0.25, 0.3) is 5.79 Å². The Morgan fingerprint density at radius 2 is 0.768 bits per heavy atom. The lowest BCUT2D eigenvalue weighted by molar-refractivity contribution is -0.412. The van der Waals surface area contributed by atoms with Crippen LogP contribution in [0, 0.1) is 0 Å². The molecule has 9 rings (SSSR count). The Hall–Kier alpha value is -3.76. The Morgan fingerprint density at radius 3 is 1.26 bits per heavy atom. The molecule has 9 aliphatic rings. The van der Waals surface area contributed by atoms with Crippen LogP contribution in [0.4, 0.5) is 0 Å². The summed E-state index contributed by atoms with van der Waals surface area (Å²) in [5.74, 6) is -8.19. The maximum atomic E-state index is 13.5. The highest BCUT2D eigenvalue weighted by atomic mass is 16.8. The number of ether oxygens (including phenoxy) is 17. The molecule has 9 aliphatic heterocycles. The standard InChI is InChI=1S/C63H105N3O46/c1-14-30(76)38(84)43(89)56(98-14)108-50-29(66-19(6)73)55(104-24(11-70)47(50)106-59-46(92)41(87)34(80)22(9-68)102-59)96-12-25-37(83)51(109-60-52(42(88)35(81)23(10-69)103-60)110-57-44(90)39(85)31(77)15(2)99-57)53(111-58-45(91)40(86)32(78)16(3)100-58)61(105-25)107-48-28(65-18(5)72)54(93)101-26(36(48)82)13-97-63(62(94)95)7-20(74)27(64-17(4)71)49(112-63)33(79)21(75)8-67/h14-16,20-61,67-70,74-93H,7-13H2,1-6H3,(H,64,71)(H,65,72)(H,66,73)(H,94,95)/t14-,15-,16-,20-,21+,22+,23+,24+,25+,26+,27+,28+,29+,30+,31+,32+,33+,34-,35-,36-,37-,38+,39+,40+,41-,42-,43-,44-,45-,46+,47+,48+,49+,50+,51-,52+,53+,54-,55+,56-,57-,58-,59-,60-,61-,63+/m0/s1. The molecule has 0 bridgehead atoms. The van der Waals surface area contributed by atoms with Crippen molar-refractivity contribution in [2.75, 3.05) is 39.6 Å². The van der Waals surface area contributed by atoms with Gasteiger partial charge in [0.05, 0.1) is 70.1 Å². The highest BCUT2D eigenvalue weighted by molar-refractivity contribution is 5.77. The molecule has 9 fully saturated rings. The zero-order valence-corrected chi connectivity index (χ0v) is 60.7. The fourth-order valence-electron chi connectivity index (χ4n) is 14.4. The Morgan fingerprint density at radius 1 is 0.384 bits per heavy atom. The van der Waals surface area contributed by atoms with Gasteiger partial charge in [-0.2, -0.15) is 0 Å². The van der Waals surface area contributed by atoms with Crippen molar-refractivity contribution >= 4 is 23.7 Å². The number of aliphatic hydroxyl groups excluding tert-OH is 24. The van der Waals surface area contributed by atoms with E-state index in [2.05, 4.69) is 16.0 Å². The molecule has 0 aromatic carbocycles. The molecule has 0 saturated carbocycles. The Balaban J connectivity index is 1.16. The van der Waals surface area contributed by atoms with E-state index < -0.39 is 352 Å². The van der Waals surface area contributed by atoms with Crippen molar-refractivity contribution in [3.05, 3.63) is 0 Å². The van der Waals surface area contributed by atoms with Crippen LogP contribution in [0.1, 0.15) is 48.0 Å². The number of carboxylic acids is 1. The number of carbonyl (C=O) groups is 4. The quantitative estimate of drug-likeness (QED) is 0.0346. The summed E-state index contributed by atoms with van der Waals surface area (Å²) in [5, 5.41) is 286. The first-order chi connectivity index (χ1) is 52.6. The smallest absolute Gasteiger partial charge is 0.364 e. The summed E-state index contributed by atoms with van der Waals surface area (Å²) in [6.45, 7) is -0.766. The molecule has 0 spiro atoms. The number of nitrogens with one attached hydrogen (secondary N) is 3. The molecule has 0 aliphatic carbocycles. The average molecular weight is 1640 g/mol. The molecule has 0 unspecified atom stereocenters. The van der Waals surface area contributed by atoms with Crippen LogP contribution in [0.25, 0.3) is 0 Å². The molecule has 49 nitrogen and oxygen atoms in total. The molecule has 3 amide bonds. The van der Waals surface area contributed by atoms with Crippen LogP contribution in [0.2, 0.25) is 0 Å². The third kappa shape index (κ3) is 19.9. The topological polar surface area (TPSA) is 767 Å². The second-order valence-electron chi connectivity index (χ2n) is 28.8. The van der Waals surface area contributed by atoms with E-state index in [9.17, 15) is 147 Å². The highest BCUT2D eigenvalue weighted by Crippen LogP contribution is 2.42. The van der Waals surface area contributed by atoms with Crippen molar-refractivity contribution in [3.8, 4) is 0 Å². The maximum Gasteiger partial charge on any atom is 0.364 e. The lowest BCUT2D eigenvalue weighted by Crippen LogP contribution is -2.71. The van der Waals surface area contributed by atoms with Crippen LogP contribution in [0.5, 0.6) is 0 Å². The Kier molecular flexibility index (Phi) is 32.1. The number of aliphatic carboxylic acids is 1. The highest BCUT2D eigenvalue weighted by Gasteiger charge is 2.63. The van der Waals surface area contributed by atoms with Gasteiger partial charge in [-0.3, -0.25) is 14.4 Å². The van der Waals surface area contributed by atoms with Crippen LogP contribution in [-0.4, -0.2) is 473 Å². The lowest BCUT2D eigenvalue weighted by atomic mass is 9.88. The van der Waals surface area contributed by atoms with Gasteiger partial charge in [0.2, 0.25) is 17.7 Å². The molecule has 28 N–H and O–H groups in total. The number of hydrogen-bond acceptors (Lipinski definition) is 45. The van der Waals surface area contributed by atoms with Crippen molar-refractivity contribution in [1.29, 1.82) is 0 Å². The van der Waals surface area contributed by atoms with Crippen LogP contribution in [0.15, 0.2) is 0 Å². The second-order valence-corrected chi connectivity index (χ2v) is 28.8. The first kappa shape index (κ1) is 92.1. The molecule has 648 valence electrons. The number of amides is 3. The SMILES string of the molecule is CC(=O)N[C@@H]1[C@@H](O[C@@H]2O[C@H](CO[C@@H]3O[C@H](CO)[C@@H](O[C@@H]4O[C@H](CO)[C@H](O)[C@H](O)[C@H]4O)[C@H](O[C@@H]4O[C@@H](C)[C@@H](O)[C@@H](O)[C@@H]4O)[C@H]3NC(C)=O)[C@H](O)[C@H](O[C@@H]3O[C@H](CO)[C@H](O)[C@H](O)[C@H]3O[C@@H]3O[C@@H](C)[C@@H](O)[C@@H](O)[C@@H]3O)[C@H]2O[C@@H]2O[C@@H](C)[C@@H](O)[C@@H](O)[C@@H]2O)[C@@H](O)[C@@H](CO[C@]2(C(=O)O)C[C@H](O)[C@@H](NC(C)=O)[C@H]([C@H](O)[C@H](O)CO)O2)O[C@@H]1O. The predicted octanol–water partition coefficient (Wildman–Crippen LogP) is -17.9. The maximum absolute atomic E-state index is 13.5. The average Bonchev–Trinajstić information content (AvgIpc) is 0.775. The molecular weight excluding hydrogens is 1530 g/mol. The number of aliphatic hydroxyl groups is 24. The molecule has 9 heterocycles. The fourth-order valence-corrected chi connectivity index (χ4v) is 14.4. The van der Waals surface area contributed by atoms with Gasteiger partial charge in [0.1, 0.15) is 195 Å². The van der Waals surface area contributed by atoms with Gasteiger partial charge < -0.3 is 224 Å². The van der Waals surface area contributed by atoms with E-state index in [-0.39, 0.29) is 0 Å². The van der Waals surface area contributed by atoms with E-state index in [1.165, 1.54) is 20.8 Å². The molecule has 112 heavy (non-hydrogen) atoms. The van der Waals surface area contributed by atoms with E-state index in [1.54, 1.807) is 0 Å². The normalized spacial score (nSPS) is 49.5. The van der Waals surface area contributed by atoms with Crippen LogP contribution < -0.4 is 16.0 Å². The minimum atomic E-state index is -3.19. The lowest BCUT2D eigenvalue weighted by Gasteiger charge is -2.52. The summed E-state index contributed by atoms with van der Waals surface area (Å²) < 4.78 is 103. The van der Waals surface area contributed by atoms with Crippen molar-refractivity contribution in [3.63, 3.8) is 0 Å². The fraction of sp³-hybridized carbons (Fsp3) is 0.937. The van der Waals surface area contributed by atoms with Crippen molar-refractivity contribution in [1.82, 2.24) is 16.0 Å². The Labute approximate surface area is 634 Å². The van der Waals surface area contributed by atoms with Gasteiger partial charge in [0, 0.05) is 27.2 Å². The molecule has 0 aromatic rings. The monoisotopic (exact) mass is 1640 g/mol. The summed E-state index contributed by atoms with van der Waals surface area (Å²) in [6.07, 6.45) is -90.4. The molecule has 46 atom stereocenters. The summed E-state index contributed by atoms with van der Waals surface area (Å²) in [7, 11) is 0. The first-order valence-corrected chi connectivity index (χ1v) is 35.8. The first-order valence-electron chi connectivity index (χ1n) is 35.8. The van der Waals surface area contributed by atoms with Gasteiger partial charge in [-0.25, -0.2) is 4.79 Å². The van der Waals surface area contributed by atoms with Gasteiger partial charge in [-0.15, -0.1) is 0 Å². The summed E-state index contributed by atoms with van der Waals surface area (Å²) in [5.41, 5.74) is 0. The minimum absolute atomic E-state index is 0.872. The van der Waals surface area contributed by atoms with Crippen molar-refractivity contribution < 1.29 is 227 Å². The van der Waals surface area contributed by atoms with Crippen LogP contribution >= 0.6 is 0 Å². The predicted molar refractivity (Wildman–Crippen MR) is 345 cm³/mol. The number of carbonyl (C=O) groups excluding carboxylic acids is 3. The summed E-state index contributed by atoms with van der Waals surface area (Å²) in [4.78, 5) is 52.4. The zero-order valence-electron chi connectivity index (χ0n) is 60.7. The zero-order chi connectivity index (χ0) is 82.9. The minimum Gasteiger partial charge on any atom is -0.477 e. The van der Waals surface area contributed by atoms with Gasteiger partial charge in [0.15, 0.2) is 50.3 Å². The molecular formula is C63H105N3O46. The van der Waals surface area contributed by atoms with E-state index in [0.29, 0.717) is 0 Å². The summed E-state index contributed by atoms with van der Waals surface area (Å²) >= 11 is 0. The molecule has 0 radical (unpaired) electrons. The van der Waals surface area contributed by atoms with Crippen LogP contribution in [0.3, 0.4) is 0 Å². The third-order valence-electron chi connectivity index (χ3n) is 20.8. The Bertz CT molecular complexity index is 3020. The van der Waals surface area contributed by atoms with E-state index in [4.69, 9.17) is 80.5 Å². The van der Waals surface area contributed by atoms with Gasteiger partial charge in [-0.1, -0.05) is 0 Å². The number of hydrogen-bond donors (Lipinski definition) is 28. The van der Waals surface area contributed by atoms with E-state index >= 15 is 0 Å². The largest absolute Gasteiger partial charge is 0.477 e. The van der Waals surface area contributed by atoms with Gasteiger partial charge >= 0.3 is 5.97 Å². The second kappa shape index (κ2) is 39.0.